The van der Waals surface area contributed by atoms with Crippen molar-refractivity contribution in [3.05, 3.63) is 24.4 Å². The molecule has 1 aromatic heterocycles. The Hall–Kier alpha value is -2.56. The number of hydrogen-bond donors (Lipinski definition) is 2. The SMILES string of the molecule is O=C(NC1CC1)N1CCOC2(CCCN(c3ccccn3)C2)C1.O=C(O)C(F)(F)F. The molecule has 2 N–H and O–H groups in total. The van der Waals surface area contributed by atoms with Crippen LogP contribution in [0.5, 0.6) is 0 Å². The predicted octanol–water partition coefficient (Wildman–Crippen LogP) is 2.26. The first-order valence-electron chi connectivity index (χ1n) is 9.84. The highest BCUT2D eigenvalue weighted by atomic mass is 19.4. The molecule has 8 nitrogen and oxygen atoms in total. The third-order valence-electron chi connectivity index (χ3n) is 5.20. The number of halogens is 3. The minimum absolute atomic E-state index is 0.0742. The number of ether oxygens (including phenoxy) is 1. The zero-order valence-corrected chi connectivity index (χ0v) is 16.4. The number of carbonyl (C=O) groups excluding carboxylic acids is 1. The van der Waals surface area contributed by atoms with Crippen molar-refractivity contribution in [3.63, 3.8) is 0 Å². The van der Waals surface area contributed by atoms with Gasteiger partial charge in [-0.25, -0.2) is 14.6 Å². The molecule has 2 saturated heterocycles. The fraction of sp³-hybridized carbons (Fsp3) is 0.632. The summed E-state index contributed by atoms with van der Waals surface area (Å²) in [5, 5.41) is 10.2. The van der Waals surface area contributed by atoms with Gasteiger partial charge in [-0.3, -0.25) is 0 Å². The number of alkyl halides is 3. The molecule has 3 heterocycles. The van der Waals surface area contributed by atoms with Gasteiger partial charge in [0, 0.05) is 25.3 Å². The van der Waals surface area contributed by atoms with Gasteiger partial charge in [-0.05, 0) is 37.8 Å². The van der Waals surface area contributed by atoms with Gasteiger partial charge in [-0.2, -0.15) is 13.2 Å². The van der Waals surface area contributed by atoms with Gasteiger partial charge < -0.3 is 25.0 Å². The molecule has 11 heteroatoms. The third-order valence-corrected chi connectivity index (χ3v) is 5.20. The lowest BCUT2D eigenvalue weighted by molar-refractivity contribution is -0.192. The average Bonchev–Trinajstić information content (AvgIpc) is 3.52. The van der Waals surface area contributed by atoms with E-state index in [4.69, 9.17) is 14.6 Å². The van der Waals surface area contributed by atoms with E-state index in [0.29, 0.717) is 25.7 Å². The largest absolute Gasteiger partial charge is 0.490 e. The molecule has 1 unspecified atom stereocenters. The third kappa shape index (κ3) is 5.97. The smallest absolute Gasteiger partial charge is 0.475 e. The Balaban J connectivity index is 0.000000318. The molecule has 166 valence electrons. The number of urea groups is 1. The van der Waals surface area contributed by atoms with E-state index in [1.165, 1.54) is 0 Å². The number of pyridine rings is 1. The van der Waals surface area contributed by atoms with Crippen LogP contribution in [-0.2, 0) is 9.53 Å². The number of morpholine rings is 1. The van der Waals surface area contributed by atoms with Crippen LogP contribution in [0.3, 0.4) is 0 Å². The molecule has 1 spiro atoms. The number of carbonyl (C=O) groups is 2. The van der Waals surface area contributed by atoms with E-state index in [-0.39, 0.29) is 11.6 Å². The Morgan fingerprint density at radius 2 is 1.97 bits per heavy atom. The lowest BCUT2D eigenvalue weighted by atomic mass is 9.90. The molecule has 3 aliphatic rings. The second-order valence-electron chi connectivity index (χ2n) is 7.69. The van der Waals surface area contributed by atoms with E-state index in [0.717, 1.165) is 44.6 Å². The van der Waals surface area contributed by atoms with Crippen LogP contribution >= 0.6 is 0 Å². The van der Waals surface area contributed by atoms with E-state index in [1.807, 2.05) is 29.3 Å². The molecular formula is C19H25F3N4O4. The minimum Gasteiger partial charge on any atom is -0.475 e. The molecule has 30 heavy (non-hydrogen) atoms. The lowest BCUT2D eigenvalue weighted by Crippen LogP contribution is -2.62. The van der Waals surface area contributed by atoms with Crippen LogP contribution < -0.4 is 10.2 Å². The zero-order chi connectivity index (χ0) is 21.8. The number of hydrogen-bond acceptors (Lipinski definition) is 5. The minimum atomic E-state index is -5.08. The van der Waals surface area contributed by atoms with Crippen LogP contribution in [0.1, 0.15) is 25.7 Å². The van der Waals surface area contributed by atoms with E-state index < -0.39 is 12.1 Å². The van der Waals surface area contributed by atoms with Crippen LogP contribution in [0, 0.1) is 0 Å². The summed E-state index contributed by atoms with van der Waals surface area (Å²) in [6, 6.07) is 6.47. The summed E-state index contributed by atoms with van der Waals surface area (Å²) >= 11 is 0. The van der Waals surface area contributed by atoms with E-state index in [1.54, 1.807) is 0 Å². The number of rotatable bonds is 2. The molecule has 1 atom stereocenters. The number of carboxylic acid groups (broad SMARTS) is 1. The highest BCUT2D eigenvalue weighted by Crippen LogP contribution is 2.31. The second kappa shape index (κ2) is 9.07. The lowest BCUT2D eigenvalue weighted by Gasteiger charge is -2.48. The highest BCUT2D eigenvalue weighted by molar-refractivity contribution is 5.75. The van der Waals surface area contributed by atoms with Gasteiger partial charge in [0.05, 0.1) is 19.7 Å². The summed E-state index contributed by atoms with van der Waals surface area (Å²) in [7, 11) is 0. The maximum Gasteiger partial charge on any atom is 0.490 e. The van der Waals surface area contributed by atoms with Crippen molar-refractivity contribution in [2.45, 2.75) is 43.5 Å². The first kappa shape index (κ1) is 22.1. The summed E-state index contributed by atoms with van der Waals surface area (Å²) < 4.78 is 37.9. The molecule has 4 rings (SSSR count). The van der Waals surface area contributed by atoms with Crippen molar-refractivity contribution < 1.29 is 32.6 Å². The maximum atomic E-state index is 12.4. The van der Waals surface area contributed by atoms with E-state index in [2.05, 4.69) is 15.2 Å². The Labute approximate surface area is 172 Å². The van der Waals surface area contributed by atoms with Gasteiger partial charge in [-0.1, -0.05) is 6.07 Å². The standard InChI is InChI=1S/C17H24N4O2.C2HF3O2/c22-16(19-14-5-6-14)21-10-11-23-17(13-21)7-3-9-20(12-17)15-4-1-2-8-18-15;3-2(4,5)1(6)7/h1-2,4,8,14H,3,5-7,9-13H2,(H,19,22);(H,6,7). The molecule has 1 saturated carbocycles. The number of nitrogens with one attached hydrogen (secondary N) is 1. The van der Waals surface area contributed by atoms with E-state index >= 15 is 0 Å². The topological polar surface area (TPSA) is 95.0 Å². The van der Waals surface area contributed by atoms with Crippen molar-refractivity contribution in [1.82, 2.24) is 15.2 Å². The molecule has 2 aliphatic heterocycles. The van der Waals surface area contributed by atoms with Gasteiger partial charge in [-0.15, -0.1) is 0 Å². The van der Waals surface area contributed by atoms with Crippen LogP contribution in [0.25, 0.3) is 0 Å². The molecule has 1 aliphatic carbocycles. The molecule has 0 bridgehead atoms. The number of aliphatic carboxylic acids is 1. The Morgan fingerprint density at radius 3 is 2.57 bits per heavy atom. The van der Waals surface area contributed by atoms with Gasteiger partial charge >= 0.3 is 18.2 Å². The number of amides is 2. The normalized spacial score (nSPS) is 24.1. The molecular weight excluding hydrogens is 405 g/mol. The highest BCUT2D eigenvalue weighted by Gasteiger charge is 2.42. The first-order chi connectivity index (χ1) is 14.2. The molecule has 2 amide bonds. The monoisotopic (exact) mass is 430 g/mol. The van der Waals surface area contributed by atoms with Gasteiger partial charge in [0.25, 0.3) is 0 Å². The number of aromatic nitrogens is 1. The molecule has 1 aromatic rings. The van der Waals surface area contributed by atoms with Crippen molar-refractivity contribution >= 4 is 17.8 Å². The Morgan fingerprint density at radius 1 is 1.23 bits per heavy atom. The summed E-state index contributed by atoms with van der Waals surface area (Å²) in [5.74, 6) is -1.76. The number of piperidine rings is 1. The van der Waals surface area contributed by atoms with Crippen LogP contribution in [-0.4, -0.2) is 77.6 Å². The summed E-state index contributed by atoms with van der Waals surface area (Å²) in [6.45, 7) is 3.78. The molecule has 3 fully saturated rings. The Bertz CT molecular complexity index is 741. The van der Waals surface area contributed by atoms with Crippen LogP contribution in [0.15, 0.2) is 24.4 Å². The van der Waals surface area contributed by atoms with Crippen LogP contribution in [0.4, 0.5) is 23.8 Å². The van der Waals surface area contributed by atoms with Crippen molar-refractivity contribution in [2.24, 2.45) is 0 Å². The average molecular weight is 430 g/mol. The van der Waals surface area contributed by atoms with E-state index in [9.17, 15) is 18.0 Å². The van der Waals surface area contributed by atoms with Crippen LogP contribution in [0.2, 0.25) is 0 Å². The quantitative estimate of drug-likeness (QED) is 0.748. The van der Waals surface area contributed by atoms with Crippen molar-refractivity contribution in [1.29, 1.82) is 0 Å². The van der Waals surface area contributed by atoms with Crippen molar-refractivity contribution in [2.75, 3.05) is 37.7 Å². The van der Waals surface area contributed by atoms with Crippen molar-refractivity contribution in [3.8, 4) is 0 Å². The second-order valence-corrected chi connectivity index (χ2v) is 7.69. The molecule has 0 radical (unpaired) electrons. The van der Waals surface area contributed by atoms with Gasteiger partial charge in [0.2, 0.25) is 0 Å². The summed E-state index contributed by atoms with van der Waals surface area (Å²) in [6.07, 6.45) is 1.05. The predicted molar refractivity (Wildman–Crippen MR) is 101 cm³/mol. The molecule has 0 aromatic carbocycles. The van der Waals surface area contributed by atoms with Gasteiger partial charge in [0.1, 0.15) is 11.4 Å². The fourth-order valence-electron chi connectivity index (χ4n) is 3.59. The maximum absolute atomic E-state index is 12.4. The summed E-state index contributed by atoms with van der Waals surface area (Å²) in [4.78, 5) is 29.9. The summed E-state index contributed by atoms with van der Waals surface area (Å²) in [5.41, 5.74) is -0.255. The number of nitrogens with zero attached hydrogens (tertiary/aromatic N) is 3. The zero-order valence-electron chi connectivity index (χ0n) is 16.4. The first-order valence-corrected chi connectivity index (χ1v) is 9.84. The fourth-order valence-corrected chi connectivity index (χ4v) is 3.59. The Kier molecular flexibility index (Phi) is 6.69. The number of anilines is 1. The van der Waals surface area contributed by atoms with Gasteiger partial charge in [0.15, 0.2) is 0 Å². The number of carboxylic acids is 1.